The maximum Gasteiger partial charge on any atom is 0.310 e. The maximum atomic E-state index is 11.0. The number of hydrogen-bond donors (Lipinski definition) is 0. The fraction of sp³-hybridized carbons (Fsp3) is 0.667. The van der Waals surface area contributed by atoms with E-state index in [1.165, 1.54) is 7.11 Å². The average molecular weight is 152 g/mol. The zero-order chi connectivity index (χ0) is 8.65. The average Bonchev–Trinajstić information content (AvgIpc) is 2.51. The first-order valence-corrected chi connectivity index (χ1v) is 3.59. The molecule has 11 heavy (non-hydrogen) atoms. The first-order valence-electron chi connectivity index (χ1n) is 3.59. The smallest absolute Gasteiger partial charge is 0.310 e. The highest BCUT2D eigenvalue weighted by molar-refractivity contribution is 5.78. The predicted octanol–water partition coefficient (Wildman–Crippen LogP) is 1.06. The number of esters is 1. The lowest BCUT2D eigenvalue weighted by atomic mass is 10.1. The summed E-state index contributed by atoms with van der Waals surface area (Å²) in [7, 11) is 1.39. The van der Waals surface area contributed by atoms with Gasteiger partial charge in [-0.3, -0.25) is 4.79 Å². The first-order chi connectivity index (χ1) is 5.05. The summed E-state index contributed by atoms with van der Waals surface area (Å²) in [4.78, 5) is 11.0. The van der Waals surface area contributed by atoms with Gasteiger partial charge in [-0.1, -0.05) is 13.8 Å². The lowest BCUT2D eigenvalue weighted by molar-refractivity contribution is -0.143. The summed E-state index contributed by atoms with van der Waals surface area (Å²) < 4.78 is 4.61. The van der Waals surface area contributed by atoms with E-state index in [2.05, 4.69) is 10.7 Å². The summed E-state index contributed by atoms with van der Waals surface area (Å²) in [6.45, 7) is 3.97. The first kappa shape index (κ1) is 8.13. The Kier molecular flexibility index (Phi) is 1.67. The molecule has 0 amide bonds. The van der Waals surface area contributed by atoms with E-state index < -0.39 is 0 Å². The number of rotatable bonds is 1. The van der Waals surface area contributed by atoms with Crippen LogP contribution < -0.4 is 0 Å². The Hall–Kier alpha value is -0.970. The van der Waals surface area contributed by atoms with E-state index in [-0.39, 0.29) is 23.2 Å². The number of hydrogen-bond acceptors (Lipinski definition) is 2. The minimum Gasteiger partial charge on any atom is -0.469 e. The van der Waals surface area contributed by atoms with Crippen LogP contribution in [0.5, 0.6) is 0 Å². The van der Waals surface area contributed by atoms with Crippen LogP contribution in [0.15, 0.2) is 0 Å². The van der Waals surface area contributed by atoms with Gasteiger partial charge < -0.3 is 4.74 Å². The number of carbonyl (C=O) groups excluding carboxylic acids is 1. The summed E-state index contributed by atoms with van der Waals surface area (Å²) in [6.07, 6.45) is 5.23. The number of methoxy groups -OCH3 is 1. The van der Waals surface area contributed by atoms with Gasteiger partial charge in [-0.25, -0.2) is 0 Å². The highest BCUT2D eigenvalue weighted by atomic mass is 16.5. The molecule has 0 aromatic rings. The van der Waals surface area contributed by atoms with Crippen LogP contribution in [-0.2, 0) is 9.53 Å². The van der Waals surface area contributed by atoms with Crippen molar-refractivity contribution in [3.63, 3.8) is 0 Å². The molecule has 0 aliphatic heterocycles. The van der Waals surface area contributed by atoms with E-state index >= 15 is 0 Å². The summed E-state index contributed by atoms with van der Waals surface area (Å²) in [5, 5.41) is 0. The molecule has 0 N–H and O–H groups in total. The molecule has 1 fully saturated rings. The predicted molar refractivity (Wildman–Crippen MR) is 41.6 cm³/mol. The van der Waals surface area contributed by atoms with Crippen molar-refractivity contribution in [3.05, 3.63) is 0 Å². The molecule has 0 aromatic heterocycles. The zero-order valence-electron chi connectivity index (χ0n) is 7.05. The van der Waals surface area contributed by atoms with E-state index in [1.54, 1.807) is 0 Å². The van der Waals surface area contributed by atoms with Crippen LogP contribution in [0.4, 0.5) is 0 Å². The summed E-state index contributed by atoms with van der Waals surface area (Å²) in [5.41, 5.74) is -0.0537. The van der Waals surface area contributed by atoms with Gasteiger partial charge in [-0.05, 0) is 5.41 Å². The second-order valence-electron chi connectivity index (χ2n) is 3.47. The molecule has 0 radical (unpaired) electrons. The summed E-state index contributed by atoms with van der Waals surface area (Å²) >= 11 is 0. The third-order valence-electron chi connectivity index (χ3n) is 2.46. The van der Waals surface area contributed by atoms with E-state index in [1.807, 2.05) is 13.8 Å². The van der Waals surface area contributed by atoms with Crippen LogP contribution in [0.25, 0.3) is 0 Å². The molecular weight excluding hydrogens is 140 g/mol. The number of ether oxygens (including phenoxy) is 1. The Bertz CT molecular complexity index is 222. The van der Waals surface area contributed by atoms with Crippen molar-refractivity contribution in [1.29, 1.82) is 0 Å². The zero-order valence-corrected chi connectivity index (χ0v) is 7.05. The van der Waals surface area contributed by atoms with Crippen molar-refractivity contribution in [3.8, 4) is 12.3 Å². The van der Waals surface area contributed by atoms with Crippen LogP contribution >= 0.6 is 0 Å². The molecule has 0 bridgehead atoms. The molecule has 2 nitrogen and oxygen atoms in total. The molecule has 2 heteroatoms. The Morgan fingerprint density at radius 2 is 2.18 bits per heavy atom. The van der Waals surface area contributed by atoms with Gasteiger partial charge in [-0.2, -0.15) is 0 Å². The summed E-state index contributed by atoms with van der Waals surface area (Å²) in [5.74, 6) is 2.39. The molecule has 0 spiro atoms. The SMILES string of the molecule is C#C[C@H]1[C@@H](C(=O)OC)C1(C)C. The van der Waals surface area contributed by atoms with E-state index in [4.69, 9.17) is 6.42 Å². The largest absolute Gasteiger partial charge is 0.469 e. The monoisotopic (exact) mass is 152 g/mol. The lowest BCUT2D eigenvalue weighted by Crippen LogP contribution is -2.07. The van der Waals surface area contributed by atoms with Crippen molar-refractivity contribution in [1.82, 2.24) is 0 Å². The Balaban J connectivity index is 2.68. The van der Waals surface area contributed by atoms with Crippen LogP contribution in [0.1, 0.15) is 13.8 Å². The van der Waals surface area contributed by atoms with Gasteiger partial charge in [0.1, 0.15) is 0 Å². The molecule has 1 aliphatic carbocycles. The Morgan fingerprint density at radius 1 is 1.64 bits per heavy atom. The fourth-order valence-electron chi connectivity index (χ4n) is 1.52. The molecule has 0 aromatic carbocycles. The van der Waals surface area contributed by atoms with E-state index in [0.717, 1.165) is 0 Å². The third-order valence-corrected chi connectivity index (χ3v) is 2.46. The number of terminal acetylenes is 1. The van der Waals surface area contributed by atoms with Gasteiger partial charge in [0, 0.05) is 5.92 Å². The Labute approximate surface area is 66.9 Å². The molecule has 1 aliphatic rings. The minimum atomic E-state index is -0.182. The molecule has 60 valence electrons. The van der Waals surface area contributed by atoms with Crippen LogP contribution in [0, 0.1) is 29.6 Å². The molecule has 2 atom stereocenters. The number of carbonyl (C=O) groups is 1. The van der Waals surface area contributed by atoms with Gasteiger partial charge in [0.05, 0.1) is 13.0 Å². The minimum absolute atomic E-state index is 0.0537. The molecule has 1 rings (SSSR count). The molecule has 0 heterocycles. The standard InChI is InChI=1S/C9H12O2/c1-5-6-7(8(10)11-4)9(6,2)3/h1,6-7H,2-4H3/t6-,7-/m0/s1. The van der Waals surface area contributed by atoms with Gasteiger partial charge >= 0.3 is 5.97 Å². The van der Waals surface area contributed by atoms with Crippen LogP contribution in [-0.4, -0.2) is 13.1 Å². The third kappa shape index (κ3) is 1.01. The van der Waals surface area contributed by atoms with Crippen molar-refractivity contribution < 1.29 is 9.53 Å². The quantitative estimate of drug-likeness (QED) is 0.415. The molecule has 1 saturated carbocycles. The van der Waals surface area contributed by atoms with Crippen molar-refractivity contribution >= 4 is 5.97 Å². The van der Waals surface area contributed by atoms with Gasteiger partial charge in [0.25, 0.3) is 0 Å². The van der Waals surface area contributed by atoms with Crippen molar-refractivity contribution in [2.24, 2.45) is 17.3 Å². The summed E-state index contributed by atoms with van der Waals surface area (Å²) in [6, 6.07) is 0. The second-order valence-corrected chi connectivity index (χ2v) is 3.47. The topological polar surface area (TPSA) is 26.3 Å². The van der Waals surface area contributed by atoms with E-state index in [9.17, 15) is 4.79 Å². The maximum absolute atomic E-state index is 11.0. The highest BCUT2D eigenvalue weighted by Gasteiger charge is 2.61. The van der Waals surface area contributed by atoms with Crippen molar-refractivity contribution in [2.75, 3.05) is 7.11 Å². The highest BCUT2D eigenvalue weighted by Crippen LogP contribution is 2.58. The Morgan fingerprint density at radius 3 is 2.45 bits per heavy atom. The van der Waals surface area contributed by atoms with Gasteiger partial charge in [0.2, 0.25) is 0 Å². The van der Waals surface area contributed by atoms with Crippen LogP contribution in [0.2, 0.25) is 0 Å². The van der Waals surface area contributed by atoms with E-state index in [0.29, 0.717) is 0 Å². The normalized spacial score (nSPS) is 32.2. The fourth-order valence-corrected chi connectivity index (χ4v) is 1.52. The molecule has 0 unspecified atom stereocenters. The molecule has 0 saturated heterocycles. The van der Waals surface area contributed by atoms with Gasteiger partial charge in [-0.15, -0.1) is 12.3 Å². The molecular formula is C9H12O2. The second kappa shape index (κ2) is 2.27. The van der Waals surface area contributed by atoms with Gasteiger partial charge in [0.15, 0.2) is 0 Å². The van der Waals surface area contributed by atoms with Crippen LogP contribution in [0.3, 0.4) is 0 Å². The lowest BCUT2D eigenvalue weighted by Gasteiger charge is -1.98. The van der Waals surface area contributed by atoms with Crippen molar-refractivity contribution in [2.45, 2.75) is 13.8 Å².